The van der Waals surface area contributed by atoms with Gasteiger partial charge in [0, 0.05) is 23.1 Å². The van der Waals surface area contributed by atoms with Crippen LogP contribution < -0.4 is 5.32 Å². The first-order valence-electron chi connectivity index (χ1n) is 14.5. The molecule has 188 valence electrons. The normalized spacial score (nSPS) is 17.4. The van der Waals surface area contributed by atoms with Crippen molar-refractivity contribution in [2.24, 2.45) is 0 Å². The van der Waals surface area contributed by atoms with Gasteiger partial charge in [-0.1, -0.05) is 141 Å². The van der Waals surface area contributed by atoms with Crippen molar-refractivity contribution < 1.29 is 0 Å². The second kappa shape index (κ2) is 18.4. The molecule has 0 aromatic rings. The highest BCUT2D eigenvalue weighted by Gasteiger charge is 2.27. The molecule has 1 aliphatic heterocycles. The molecule has 1 aliphatic carbocycles. The van der Waals surface area contributed by atoms with Crippen LogP contribution in [0.5, 0.6) is 0 Å². The molecule has 1 heterocycles. The first-order chi connectivity index (χ1) is 16.3. The van der Waals surface area contributed by atoms with Crippen molar-refractivity contribution in [3.05, 3.63) is 46.6 Å². The molecule has 0 radical (unpaired) electrons. The number of nitrogens with one attached hydrogen (secondary N) is 1. The lowest BCUT2D eigenvalue weighted by molar-refractivity contribution is 0.528. The average Bonchev–Trinajstić information content (AvgIpc) is 3.24. The molecular formula is C31H53NS. The maximum atomic E-state index is 4.36. The molecule has 0 amide bonds. The topological polar surface area (TPSA) is 12.0 Å². The van der Waals surface area contributed by atoms with Crippen molar-refractivity contribution >= 4 is 11.8 Å². The lowest BCUT2D eigenvalue weighted by atomic mass is 9.91. The van der Waals surface area contributed by atoms with Crippen LogP contribution in [-0.2, 0) is 0 Å². The number of fused-ring (bicyclic) bond motifs is 1. The molecule has 33 heavy (non-hydrogen) atoms. The van der Waals surface area contributed by atoms with Crippen LogP contribution in [-0.4, -0.2) is 11.8 Å². The summed E-state index contributed by atoms with van der Waals surface area (Å²) in [5.74, 6) is 0. The molecule has 0 saturated carbocycles. The largest absolute Gasteiger partial charge is 0.385 e. The second-order valence-electron chi connectivity index (χ2n) is 10.2. The molecule has 0 spiro atoms. The van der Waals surface area contributed by atoms with E-state index >= 15 is 0 Å². The van der Waals surface area contributed by atoms with Gasteiger partial charge in [0.1, 0.15) is 0 Å². The maximum absolute atomic E-state index is 4.36. The molecular weight excluding hydrogens is 418 g/mol. The molecule has 0 fully saturated rings. The number of thioether (sulfide) groups is 1. The van der Waals surface area contributed by atoms with Gasteiger partial charge in [-0.25, -0.2) is 0 Å². The molecule has 1 unspecified atom stereocenters. The first kappa shape index (κ1) is 28.3. The third kappa shape index (κ3) is 11.9. The van der Waals surface area contributed by atoms with Gasteiger partial charge in [-0.2, -0.15) is 0 Å². The lowest BCUT2D eigenvalue weighted by Crippen LogP contribution is -2.18. The standard InChI is InChI=1S/C31H53NS/c1-4-6-7-8-9-10-11-12-13-14-15-16-17-18-19-20-24-32-27(3)30-26-33-31-23-22-28(21-5-2)25-29(30)31/h22,25-26,31-32H,3-21,23-24H2,1-2H3. The van der Waals surface area contributed by atoms with E-state index in [1.54, 1.807) is 0 Å². The highest BCUT2D eigenvalue weighted by atomic mass is 32.2. The van der Waals surface area contributed by atoms with E-state index in [9.17, 15) is 0 Å². The van der Waals surface area contributed by atoms with Gasteiger partial charge in [0.15, 0.2) is 0 Å². The minimum Gasteiger partial charge on any atom is -0.385 e. The SMILES string of the molecule is C=C(NCCCCCCCCCCCCCCCCCC)C1=CSC2CC=C(CCC)C=C12. The summed E-state index contributed by atoms with van der Waals surface area (Å²) in [7, 11) is 0. The molecule has 0 saturated heterocycles. The van der Waals surface area contributed by atoms with Crippen molar-refractivity contribution in [3.8, 4) is 0 Å². The van der Waals surface area contributed by atoms with Crippen molar-refractivity contribution in [3.63, 3.8) is 0 Å². The first-order valence-corrected chi connectivity index (χ1v) is 15.4. The van der Waals surface area contributed by atoms with E-state index in [0.29, 0.717) is 5.25 Å². The van der Waals surface area contributed by atoms with Crippen molar-refractivity contribution in [1.82, 2.24) is 5.32 Å². The zero-order valence-electron chi connectivity index (χ0n) is 22.1. The fourth-order valence-electron chi connectivity index (χ4n) is 5.05. The monoisotopic (exact) mass is 471 g/mol. The molecule has 0 aromatic carbocycles. The quantitative estimate of drug-likeness (QED) is 0.167. The van der Waals surface area contributed by atoms with Crippen molar-refractivity contribution in [2.45, 2.75) is 141 Å². The van der Waals surface area contributed by atoms with Crippen molar-refractivity contribution in [1.29, 1.82) is 0 Å². The van der Waals surface area contributed by atoms with Gasteiger partial charge >= 0.3 is 0 Å². The molecule has 2 aliphatic rings. The Labute approximate surface area is 211 Å². The van der Waals surface area contributed by atoms with E-state index < -0.39 is 0 Å². The highest BCUT2D eigenvalue weighted by Crippen LogP contribution is 2.43. The van der Waals surface area contributed by atoms with Gasteiger partial charge in [0.2, 0.25) is 0 Å². The Kier molecular flexibility index (Phi) is 15.8. The summed E-state index contributed by atoms with van der Waals surface area (Å²) in [4.78, 5) is 0. The van der Waals surface area contributed by atoms with Crippen LogP contribution in [0, 0.1) is 0 Å². The summed E-state index contributed by atoms with van der Waals surface area (Å²) in [5, 5.41) is 6.57. The number of hydrogen-bond acceptors (Lipinski definition) is 2. The van der Waals surface area contributed by atoms with Gasteiger partial charge in [-0.15, -0.1) is 11.8 Å². The number of rotatable bonds is 21. The number of unbranched alkanes of at least 4 members (excludes halogenated alkanes) is 15. The highest BCUT2D eigenvalue weighted by molar-refractivity contribution is 8.03. The van der Waals surface area contributed by atoms with Gasteiger partial charge < -0.3 is 5.32 Å². The summed E-state index contributed by atoms with van der Waals surface area (Å²) in [6.45, 7) is 9.99. The Hall–Kier alpha value is -0.890. The van der Waals surface area contributed by atoms with Gasteiger partial charge in [0.25, 0.3) is 0 Å². The van der Waals surface area contributed by atoms with E-state index in [0.717, 1.165) is 12.2 Å². The fraction of sp³-hybridized carbons (Fsp3) is 0.742. The van der Waals surface area contributed by atoms with Gasteiger partial charge in [-0.3, -0.25) is 0 Å². The molecule has 2 heteroatoms. The molecule has 0 aromatic heterocycles. The van der Waals surface area contributed by atoms with Crippen LogP contribution >= 0.6 is 11.8 Å². The van der Waals surface area contributed by atoms with Gasteiger partial charge in [-0.05, 0) is 30.2 Å². The minimum absolute atomic E-state index is 0.620. The van der Waals surface area contributed by atoms with Crippen LogP contribution in [0.2, 0.25) is 0 Å². The smallest absolute Gasteiger partial charge is 0.0380 e. The van der Waals surface area contributed by atoms with E-state index in [2.05, 4.69) is 43.3 Å². The third-order valence-corrected chi connectivity index (χ3v) is 8.32. The third-order valence-electron chi connectivity index (χ3n) is 7.18. The van der Waals surface area contributed by atoms with Crippen LogP contribution in [0.25, 0.3) is 0 Å². The molecule has 1 atom stereocenters. The van der Waals surface area contributed by atoms with E-state index in [4.69, 9.17) is 0 Å². The summed E-state index contributed by atoms with van der Waals surface area (Å²) < 4.78 is 0. The molecule has 0 bridgehead atoms. The number of hydrogen-bond donors (Lipinski definition) is 1. The Balaban J connectivity index is 1.39. The summed E-state index contributed by atoms with van der Waals surface area (Å²) in [6.07, 6.45) is 31.3. The lowest BCUT2D eigenvalue weighted by Gasteiger charge is -2.20. The summed E-state index contributed by atoms with van der Waals surface area (Å²) in [5.41, 5.74) is 5.52. The zero-order chi connectivity index (χ0) is 23.6. The predicted molar refractivity (Wildman–Crippen MR) is 152 cm³/mol. The van der Waals surface area contributed by atoms with E-state index in [1.807, 2.05) is 11.8 Å². The Morgan fingerprint density at radius 3 is 1.91 bits per heavy atom. The average molecular weight is 472 g/mol. The predicted octanol–water partition coefficient (Wildman–Crippen LogP) is 10.4. The fourth-order valence-corrected chi connectivity index (χ4v) is 6.18. The molecule has 1 nitrogen and oxygen atoms in total. The number of allylic oxidation sites excluding steroid dienone is 4. The van der Waals surface area contributed by atoms with Gasteiger partial charge in [0.05, 0.1) is 0 Å². The van der Waals surface area contributed by atoms with Crippen molar-refractivity contribution in [2.75, 3.05) is 6.54 Å². The van der Waals surface area contributed by atoms with Crippen LogP contribution in [0.15, 0.2) is 46.6 Å². The Morgan fingerprint density at radius 2 is 1.36 bits per heavy atom. The summed E-state index contributed by atoms with van der Waals surface area (Å²) in [6, 6.07) is 0. The zero-order valence-corrected chi connectivity index (χ0v) is 22.9. The van der Waals surface area contributed by atoms with E-state index in [1.165, 1.54) is 139 Å². The second-order valence-corrected chi connectivity index (χ2v) is 11.3. The van der Waals surface area contributed by atoms with Crippen LogP contribution in [0.3, 0.4) is 0 Å². The minimum atomic E-state index is 0.620. The summed E-state index contributed by atoms with van der Waals surface area (Å²) >= 11 is 1.97. The molecule has 2 rings (SSSR count). The Bertz CT molecular complexity index is 627. The van der Waals surface area contributed by atoms with Crippen LogP contribution in [0.1, 0.15) is 136 Å². The molecule has 1 N–H and O–H groups in total. The Morgan fingerprint density at radius 1 is 0.818 bits per heavy atom. The van der Waals surface area contributed by atoms with E-state index in [-0.39, 0.29) is 0 Å². The maximum Gasteiger partial charge on any atom is 0.0380 e. The van der Waals surface area contributed by atoms with Crippen LogP contribution in [0.4, 0.5) is 0 Å².